The predicted octanol–water partition coefficient (Wildman–Crippen LogP) is 0.802. The monoisotopic (exact) mass is 286 g/mol. The van der Waals surface area contributed by atoms with Gasteiger partial charge in [-0.1, -0.05) is 25.9 Å². The highest BCUT2D eigenvalue weighted by Crippen LogP contribution is 2.09. The summed E-state index contributed by atoms with van der Waals surface area (Å²) in [5.41, 5.74) is 5.56. The lowest BCUT2D eigenvalue weighted by atomic mass is 10.1. The first kappa shape index (κ1) is 17.2. The Balaban J connectivity index is 2.46. The van der Waals surface area contributed by atoms with E-state index in [1.54, 1.807) is 0 Å². The summed E-state index contributed by atoms with van der Waals surface area (Å²) < 4.78 is 5.86. The Labute approximate surface area is 122 Å². The topological polar surface area (TPSA) is 74.3 Å². The van der Waals surface area contributed by atoms with Crippen molar-refractivity contribution in [3.05, 3.63) is 0 Å². The maximum Gasteiger partial charge on any atom is 0.140 e. The maximum atomic E-state index is 8.63. The van der Waals surface area contributed by atoms with Crippen molar-refractivity contribution < 1.29 is 9.94 Å². The number of hydrogen-bond donors (Lipinski definition) is 2. The van der Waals surface area contributed by atoms with E-state index < -0.39 is 0 Å². The third-order valence-electron chi connectivity index (χ3n) is 3.57. The first-order valence-electron chi connectivity index (χ1n) is 7.57. The van der Waals surface area contributed by atoms with Crippen molar-refractivity contribution in [2.24, 2.45) is 16.8 Å². The third kappa shape index (κ3) is 6.54. The minimum Gasteiger partial charge on any atom is -0.409 e. The third-order valence-corrected chi connectivity index (χ3v) is 3.57. The van der Waals surface area contributed by atoms with Crippen LogP contribution in [-0.4, -0.2) is 72.8 Å². The first-order chi connectivity index (χ1) is 9.55. The fourth-order valence-corrected chi connectivity index (χ4v) is 2.56. The van der Waals surface area contributed by atoms with Crippen LogP contribution in [-0.2, 0) is 4.74 Å². The number of likely N-dealkylation sites (N-methyl/N-ethyl adjacent to an activating group) is 1. The Morgan fingerprint density at radius 2 is 2.30 bits per heavy atom. The summed E-state index contributed by atoms with van der Waals surface area (Å²) in [6.45, 7) is 13.2. The molecule has 0 bridgehead atoms. The number of hydrogen-bond acceptors (Lipinski definition) is 5. The average Bonchev–Trinajstić information content (AvgIpc) is 2.44. The van der Waals surface area contributed by atoms with Crippen LogP contribution in [0.4, 0.5) is 0 Å². The molecule has 3 N–H and O–H groups in total. The highest BCUT2D eigenvalue weighted by atomic mass is 16.5. The lowest BCUT2D eigenvalue weighted by Gasteiger charge is -2.35. The van der Waals surface area contributed by atoms with Crippen LogP contribution in [0.1, 0.15) is 27.2 Å². The lowest BCUT2D eigenvalue weighted by Crippen LogP contribution is -2.48. The normalized spacial score (nSPS) is 21.9. The van der Waals surface area contributed by atoms with E-state index in [-0.39, 0.29) is 6.10 Å². The molecule has 118 valence electrons. The van der Waals surface area contributed by atoms with Crippen molar-refractivity contribution in [1.29, 1.82) is 0 Å². The Kier molecular flexibility index (Phi) is 7.87. The van der Waals surface area contributed by atoms with E-state index in [9.17, 15) is 0 Å². The molecule has 1 aliphatic rings. The molecule has 1 rings (SSSR count). The molecule has 0 saturated carbocycles. The molecule has 1 saturated heterocycles. The summed E-state index contributed by atoms with van der Waals surface area (Å²) in [6, 6.07) is 0. The van der Waals surface area contributed by atoms with Gasteiger partial charge in [0.05, 0.1) is 12.7 Å². The van der Waals surface area contributed by atoms with Crippen LogP contribution >= 0.6 is 0 Å². The summed E-state index contributed by atoms with van der Waals surface area (Å²) >= 11 is 0. The number of oxime groups is 1. The number of nitrogens with two attached hydrogens (primary N) is 1. The van der Waals surface area contributed by atoms with Crippen LogP contribution in [0, 0.1) is 5.92 Å². The van der Waals surface area contributed by atoms with Gasteiger partial charge >= 0.3 is 0 Å². The molecule has 0 aromatic heterocycles. The van der Waals surface area contributed by atoms with Crippen molar-refractivity contribution in [3.63, 3.8) is 0 Å². The Hall–Kier alpha value is -0.850. The second kappa shape index (κ2) is 9.15. The summed E-state index contributed by atoms with van der Waals surface area (Å²) in [5.74, 6) is 0.881. The van der Waals surface area contributed by atoms with E-state index in [0.717, 1.165) is 45.9 Å². The number of morpholine rings is 1. The van der Waals surface area contributed by atoms with Crippen LogP contribution in [0.15, 0.2) is 5.16 Å². The van der Waals surface area contributed by atoms with Gasteiger partial charge in [-0.3, -0.25) is 4.90 Å². The molecule has 1 fully saturated rings. The lowest BCUT2D eigenvalue weighted by molar-refractivity contribution is -0.0426. The van der Waals surface area contributed by atoms with Crippen LogP contribution in [0.3, 0.4) is 0 Å². The van der Waals surface area contributed by atoms with Crippen molar-refractivity contribution in [2.45, 2.75) is 33.3 Å². The van der Waals surface area contributed by atoms with Gasteiger partial charge < -0.3 is 20.6 Å². The fourth-order valence-electron chi connectivity index (χ4n) is 2.56. The zero-order valence-corrected chi connectivity index (χ0v) is 13.1. The van der Waals surface area contributed by atoms with Gasteiger partial charge in [0.15, 0.2) is 0 Å². The molecule has 0 spiro atoms. The van der Waals surface area contributed by atoms with Gasteiger partial charge in [0.2, 0.25) is 0 Å². The summed E-state index contributed by atoms with van der Waals surface area (Å²) in [7, 11) is 0. The van der Waals surface area contributed by atoms with Crippen molar-refractivity contribution in [1.82, 2.24) is 9.80 Å². The molecule has 20 heavy (non-hydrogen) atoms. The summed E-state index contributed by atoms with van der Waals surface area (Å²) in [5, 5.41) is 11.7. The van der Waals surface area contributed by atoms with Gasteiger partial charge in [0.25, 0.3) is 0 Å². The van der Waals surface area contributed by atoms with E-state index in [1.165, 1.54) is 0 Å². The minimum atomic E-state index is 0.259. The first-order valence-corrected chi connectivity index (χ1v) is 7.57. The minimum absolute atomic E-state index is 0.259. The quantitative estimate of drug-likeness (QED) is 0.299. The maximum absolute atomic E-state index is 8.63. The Morgan fingerprint density at radius 3 is 2.90 bits per heavy atom. The largest absolute Gasteiger partial charge is 0.409 e. The van der Waals surface area contributed by atoms with Crippen LogP contribution in [0.2, 0.25) is 0 Å². The number of ether oxygens (including phenoxy) is 1. The molecular weight excluding hydrogens is 256 g/mol. The van der Waals surface area contributed by atoms with E-state index in [2.05, 4.69) is 35.7 Å². The Bertz CT molecular complexity index is 297. The van der Waals surface area contributed by atoms with Crippen LogP contribution in [0.25, 0.3) is 0 Å². The van der Waals surface area contributed by atoms with Crippen LogP contribution in [0.5, 0.6) is 0 Å². The number of amidine groups is 1. The highest BCUT2D eigenvalue weighted by molar-refractivity contribution is 5.79. The number of nitrogens with zero attached hydrogens (tertiary/aromatic N) is 3. The molecule has 6 nitrogen and oxygen atoms in total. The summed E-state index contributed by atoms with van der Waals surface area (Å²) in [6.07, 6.45) is 0.850. The van der Waals surface area contributed by atoms with E-state index in [4.69, 9.17) is 15.7 Å². The van der Waals surface area contributed by atoms with Crippen molar-refractivity contribution in [2.75, 3.05) is 45.9 Å². The molecule has 0 aromatic carbocycles. The molecule has 0 aromatic rings. The fraction of sp³-hybridized carbons (Fsp3) is 0.929. The van der Waals surface area contributed by atoms with Gasteiger partial charge in [0.1, 0.15) is 5.84 Å². The molecule has 1 unspecified atom stereocenters. The molecule has 0 amide bonds. The molecule has 6 heteroatoms. The van der Waals surface area contributed by atoms with Crippen LogP contribution < -0.4 is 5.73 Å². The van der Waals surface area contributed by atoms with E-state index in [1.807, 2.05) is 0 Å². The smallest absolute Gasteiger partial charge is 0.140 e. The molecule has 0 aliphatic carbocycles. The molecule has 1 aliphatic heterocycles. The number of rotatable bonds is 8. The highest BCUT2D eigenvalue weighted by Gasteiger charge is 2.22. The van der Waals surface area contributed by atoms with Gasteiger partial charge in [-0.15, -0.1) is 0 Å². The second-order valence-electron chi connectivity index (χ2n) is 5.88. The molecule has 0 radical (unpaired) electrons. The summed E-state index contributed by atoms with van der Waals surface area (Å²) in [4.78, 5) is 4.78. The van der Waals surface area contributed by atoms with Gasteiger partial charge in [-0.05, 0) is 12.5 Å². The molecule has 1 atom stereocenters. The second-order valence-corrected chi connectivity index (χ2v) is 5.88. The van der Waals surface area contributed by atoms with Crippen molar-refractivity contribution in [3.8, 4) is 0 Å². The molecule has 1 heterocycles. The van der Waals surface area contributed by atoms with Gasteiger partial charge in [0, 0.05) is 39.1 Å². The average molecular weight is 286 g/mol. The predicted molar refractivity (Wildman–Crippen MR) is 81.2 cm³/mol. The van der Waals surface area contributed by atoms with E-state index >= 15 is 0 Å². The van der Waals surface area contributed by atoms with Crippen molar-refractivity contribution >= 4 is 5.84 Å². The van der Waals surface area contributed by atoms with Gasteiger partial charge in [-0.25, -0.2) is 0 Å². The Morgan fingerprint density at radius 1 is 1.55 bits per heavy atom. The zero-order chi connectivity index (χ0) is 15.0. The zero-order valence-electron chi connectivity index (χ0n) is 13.1. The standard InChI is InChI=1S/C14H30N4O2/c1-4-17-7-8-20-13(10-17)11-18(9-12(2)3)6-5-14(15)16-19/h12-13,19H,4-11H2,1-3H3,(H2,15,16). The SMILES string of the molecule is CCN1CCOC(CN(CCC(N)=NO)CC(C)C)C1. The molecular formula is C14H30N4O2. The van der Waals surface area contributed by atoms with Gasteiger partial charge in [-0.2, -0.15) is 0 Å². The van der Waals surface area contributed by atoms with E-state index in [0.29, 0.717) is 18.2 Å².